The number of aryl methyl sites for hydroxylation is 1. The standard InChI is InChI=1S/C19H24FN5O/c1-14-21-17(23(2)3)13-18(22-14)24-8-10-25(11-9-24)19(26)12-15-4-6-16(20)7-5-15/h4-7,13H,8-12H2,1-3H3. The third-order valence-electron chi connectivity index (χ3n) is 4.49. The molecule has 138 valence electrons. The van der Waals surface area contributed by atoms with Gasteiger partial charge in [0.15, 0.2) is 0 Å². The summed E-state index contributed by atoms with van der Waals surface area (Å²) in [7, 11) is 3.91. The van der Waals surface area contributed by atoms with Crippen molar-refractivity contribution in [3.8, 4) is 0 Å². The molecule has 7 heteroatoms. The van der Waals surface area contributed by atoms with Gasteiger partial charge < -0.3 is 14.7 Å². The molecule has 1 saturated heterocycles. The minimum Gasteiger partial charge on any atom is -0.363 e. The molecular weight excluding hydrogens is 333 g/mol. The van der Waals surface area contributed by atoms with Gasteiger partial charge in [0, 0.05) is 46.3 Å². The van der Waals surface area contributed by atoms with E-state index in [4.69, 9.17) is 0 Å². The Bertz CT molecular complexity index is 770. The number of benzene rings is 1. The van der Waals surface area contributed by atoms with Crippen molar-refractivity contribution in [1.29, 1.82) is 0 Å². The van der Waals surface area contributed by atoms with E-state index in [1.165, 1.54) is 12.1 Å². The van der Waals surface area contributed by atoms with Gasteiger partial charge in [0.1, 0.15) is 23.3 Å². The third kappa shape index (κ3) is 4.28. The number of piperazine rings is 1. The van der Waals surface area contributed by atoms with Crippen LogP contribution in [0.25, 0.3) is 0 Å². The predicted molar refractivity (Wildman–Crippen MR) is 100.0 cm³/mol. The van der Waals surface area contributed by atoms with Gasteiger partial charge in [-0.1, -0.05) is 12.1 Å². The van der Waals surface area contributed by atoms with Crippen LogP contribution in [0.5, 0.6) is 0 Å². The number of carbonyl (C=O) groups excluding carboxylic acids is 1. The van der Waals surface area contributed by atoms with Gasteiger partial charge in [0.2, 0.25) is 5.91 Å². The average molecular weight is 357 g/mol. The highest BCUT2D eigenvalue weighted by atomic mass is 19.1. The molecule has 0 atom stereocenters. The molecule has 1 fully saturated rings. The SMILES string of the molecule is Cc1nc(N(C)C)cc(N2CCN(C(=O)Cc3ccc(F)cc3)CC2)n1. The number of carbonyl (C=O) groups is 1. The average Bonchev–Trinajstić information content (AvgIpc) is 2.63. The molecule has 26 heavy (non-hydrogen) atoms. The zero-order chi connectivity index (χ0) is 18.7. The van der Waals surface area contributed by atoms with E-state index in [0.29, 0.717) is 19.5 Å². The molecular formula is C19H24FN5O. The Hall–Kier alpha value is -2.70. The van der Waals surface area contributed by atoms with Crippen LogP contribution in [0.2, 0.25) is 0 Å². The summed E-state index contributed by atoms with van der Waals surface area (Å²) in [5.41, 5.74) is 0.834. The van der Waals surface area contributed by atoms with Crippen LogP contribution in [0.1, 0.15) is 11.4 Å². The fourth-order valence-corrected chi connectivity index (χ4v) is 3.00. The number of amides is 1. The van der Waals surface area contributed by atoms with Crippen molar-refractivity contribution in [1.82, 2.24) is 14.9 Å². The second kappa shape index (κ2) is 7.68. The lowest BCUT2D eigenvalue weighted by Crippen LogP contribution is -2.49. The number of rotatable bonds is 4. The first-order valence-electron chi connectivity index (χ1n) is 8.72. The fraction of sp³-hybridized carbons (Fsp3) is 0.421. The summed E-state index contributed by atoms with van der Waals surface area (Å²) in [6.07, 6.45) is 0.303. The van der Waals surface area contributed by atoms with Crippen molar-refractivity contribution < 1.29 is 9.18 Å². The molecule has 0 radical (unpaired) electrons. The van der Waals surface area contributed by atoms with Crippen LogP contribution in [-0.4, -0.2) is 61.0 Å². The molecule has 0 N–H and O–H groups in total. The van der Waals surface area contributed by atoms with Crippen LogP contribution in [0, 0.1) is 12.7 Å². The Balaban J connectivity index is 1.60. The summed E-state index contributed by atoms with van der Waals surface area (Å²) >= 11 is 0. The van der Waals surface area contributed by atoms with Crippen LogP contribution < -0.4 is 9.80 Å². The number of hydrogen-bond acceptors (Lipinski definition) is 5. The zero-order valence-electron chi connectivity index (χ0n) is 15.4. The van der Waals surface area contributed by atoms with Gasteiger partial charge in [-0.15, -0.1) is 0 Å². The summed E-state index contributed by atoms with van der Waals surface area (Å²) in [4.78, 5) is 27.4. The van der Waals surface area contributed by atoms with Crippen molar-refractivity contribution >= 4 is 17.5 Å². The van der Waals surface area contributed by atoms with E-state index in [1.807, 2.05) is 36.9 Å². The molecule has 1 amide bonds. The van der Waals surface area contributed by atoms with Crippen LogP contribution >= 0.6 is 0 Å². The minimum atomic E-state index is -0.285. The number of hydrogen-bond donors (Lipinski definition) is 0. The first-order valence-corrected chi connectivity index (χ1v) is 8.72. The molecule has 3 rings (SSSR count). The van der Waals surface area contributed by atoms with E-state index in [9.17, 15) is 9.18 Å². The normalized spacial score (nSPS) is 14.5. The quantitative estimate of drug-likeness (QED) is 0.836. The maximum absolute atomic E-state index is 13.0. The number of halogens is 1. The Morgan fingerprint density at radius 1 is 1.12 bits per heavy atom. The van der Waals surface area contributed by atoms with Gasteiger partial charge in [0.25, 0.3) is 0 Å². The Labute approximate surface area is 153 Å². The highest BCUT2D eigenvalue weighted by molar-refractivity contribution is 5.79. The predicted octanol–water partition coefficient (Wildman–Crippen LogP) is 1.88. The summed E-state index contributed by atoms with van der Waals surface area (Å²) in [5, 5.41) is 0. The molecule has 0 bridgehead atoms. The van der Waals surface area contributed by atoms with Crippen molar-refractivity contribution in [3.63, 3.8) is 0 Å². The van der Waals surface area contributed by atoms with Crippen molar-refractivity contribution in [2.75, 3.05) is 50.1 Å². The minimum absolute atomic E-state index is 0.0732. The lowest BCUT2D eigenvalue weighted by Gasteiger charge is -2.35. The lowest BCUT2D eigenvalue weighted by molar-refractivity contribution is -0.130. The maximum atomic E-state index is 13.0. The highest BCUT2D eigenvalue weighted by Crippen LogP contribution is 2.19. The van der Waals surface area contributed by atoms with Gasteiger partial charge in [-0.2, -0.15) is 0 Å². The van der Waals surface area contributed by atoms with Crippen LogP contribution in [0.4, 0.5) is 16.0 Å². The number of anilines is 2. The third-order valence-corrected chi connectivity index (χ3v) is 4.49. The summed E-state index contributed by atoms with van der Waals surface area (Å²) < 4.78 is 13.0. The summed E-state index contributed by atoms with van der Waals surface area (Å²) in [5.74, 6) is 2.30. The van der Waals surface area contributed by atoms with E-state index in [1.54, 1.807) is 12.1 Å². The number of aromatic nitrogens is 2. The van der Waals surface area contributed by atoms with E-state index in [-0.39, 0.29) is 11.7 Å². The molecule has 0 aliphatic carbocycles. The molecule has 1 aliphatic heterocycles. The Morgan fingerprint density at radius 2 is 1.77 bits per heavy atom. The van der Waals surface area contributed by atoms with Crippen LogP contribution in [-0.2, 0) is 11.2 Å². The number of nitrogens with zero attached hydrogens (tertiary/aromatic N) is 5. The molecule has 0 spiro atoms. The monoisotopic (exact) mass is 357 g/mol. The zero-order valence-corrected chi connectivity index (χ0v) is 15.4. The second-order valence-corrected chi connectivity index (χ2v) is 6.70. The van der Waals surface area contributed by atoms with Crippen molar-refractivity contribution in [2.45, 2.75) is 13.3 Å². The smallest absolute Gasteiger partial charge is 0.227 e. The maximum Gasteiger partial charge on any atom is 0.227 e. The second-order valence-electron chi connectivity index (χ2n) is 6.70. The van der Waals surface area contributed by atoms with Crippen molar-refractivity contribution in [3.05, 3.63) is 47.5 Å². The molecule has 1 aromatic carbocycles. The Morgan fingerprint density at radius 3 is 2.38 bits per heavy atom. The molecule has 2 heterocycles. The molecule has 0 saturated carbocycles. The van der Waals surface area contributed by atoms with Gasteiger partial charge in [-0.3, -0.25) is 4.79 Å². The first kappa shape index (κ1) is 18.1. The molecule has 2 aromatic rings. The Kier molecular flexibility index (Phi) is 5.35. The highest BCUT2D eigenvalue weighted by Gasteiger charge is 2.22. The van der Waals surface area contributed by atoms with E-state index < -0.39 is 0 Å². The summed E-state index contributed by atoms with van der Waals surface area (Å²) in [6.45, 7) is 4.66. The van der Waals surface area contributed by atoms with E-state index in [0.717, 1.165) is 36.1 Å². The van der Waals surface area contributed by atoms with Gasteiger partial charge >= 0.3 is 0 Å². The molecule has 0 unspecified atom stereocenters. The van der Waals surface area contributed by atoms with Gasteiger partial charge in [0.05, 0.1) is 6.42 Å². The fourth-order valence-electron chi connectivity index (χ4n) is 3.00. The largest absolute Gasteiger partial charge is 0.363 e. The van der Waals surface area contributed by atoms with Crippen molar-refractivity contribution in [2.24, 2.45) is 0 Å². The van der Waals surface area contributed by atoms with Gasteiger partial charge in [-0.25, -0.2) is 14.4 Å². The van der Waals surface area contributed by atoms with Crippen LogP contribution in [0.3, 0.4) is 0 Å². The lowest BCUT2D eigenvalue weighted by atomic mass is 10.1. The van der Waals surface area contributed by atoms with E-state index >= 15 is 0 Å². The molecule has 6 nitrogen and oxygen atoms in total. The molecule has 1 aromatic heterocycles. The molecule has 1 aliphatic rings. The topological polar surface area (TPSA) is 52.6 Å². The first-order chi connectivity index (χ1) is 12.4. The van der Waals surface area contributed by atoms with E-state index in [2.05, 4.69) is 14.9 Å². The van der Waals surface area contributed by atoms with Gasteiger partial charge in [-0.05, 0) is 24.6 Å². The summed E-state index contributed by atoms with van der Waals surface area (Å²) in [6, 6.07) is 8.08. The van der Waals surface area contributed by atoms with Crippen LogP contribution in [0.15, 0.2) is 30.3 Å².